The molecule has 0 unspecified atom stereocenters. The van der Waals surface area contributed by atoms with E-state index in [2.05, 4.69) is 0 Å². The second-order valence-electron chi connectivity index (χ2n) is 4.25. The summed E-state index contributed by atoms with van der Waals surface area (Å²) in [4.78, 5) is 13.7. The van der Waals surface area contributed by atoms with Crippen LogP contribution in [-0.4, -0.2) is 38.6 Å². The molecule has 1 aliphatic rings. The van der Waals surface area contributed by atoms with Gasteiger partial charge in [0.25, 0.3) is 5.91 Å². The molecule has 1 aromatic rings. The zero-order valence-corrected chi connectivity index (χ0v) is 12.4. The molecule has 0 fully saturated rings. The van der Waals surface area contributed by atoms with Gasteiger partial charge >= 0.3 is 0 Å². The van der Waals surface area contributed by atoms with E-state index in [-0.39, 0.29) is 12.5 Å². The maximum atomic E-state index is 12.1. The lowest BCUT2D eigenvalue weighted by atomic mass is 10.2. The third-order valence-electron chi connectivity index (χ3n) is 2.90. The van der Waals surface area contributed by atoms with Gasteiger partial charge in [0.1, 0.15) is 5.75 Å². The van der Waals surface area contributed by atoms with Crippen molar-refractivity contribution in [1.29, 1.82) is 0 Å². The highest BCUT2D eigenvalue weighted by Crippen LogP contribution is 2.34. The predicted octanol–water partition coefficient (Wildman–Crippen LogP) is 2.46. The van der Waals surface area contributed by atoms with Crippen LogP contribution in [0.3, 0.4) is 0 Å². The Bertz CT molecular complexity index is 474. The van der Waals surface area contributed by atoms with Gasteiger partial charge in [-0.3, -0.25) is 4.79 Å². The van der Waals surface area contributed by atoms with Gasteiger partial charge in [-0.25, -0.2) is 0 Å². The van der Waals surface area contributed by atoms with Gasteiger partial charge in [0.05, 0.1) is 12.2 Å². The summed E-state index contributed by atoms with van der Waals surface area (Å²) >= 11 is 5.99. The van der Waals surface area contributed by atoms with Gasteiger partial charge in [0, 0.05) is 18.2 Å². The first-order chi connectivity index (χ1) is 9.65. The second-order valence-corrected chi connectivity index (χ2v) is 4.68. The molecular formula is C14H18ClNO4. The fourth-order valence-corrected chi connectivity index (χ4v) is 2.22. The summed E-state index contributed by atoms with van der Waals surface area (Å²) in [6.45, 7) is 5.14. The number of hydrogen-bond acceptors (Lipinski definition) is 4. The number of rotatable bonds is 6. The molecule has 1 aromatic carbocycles. The van der Waals surface area contributed by atoms with Crippen molar-refractivity contribution in [2.24, 2.45) is 0 Å². The number of benzene rings is 1. The van der Waals surface area contributed by atoms with Gasteiger partial charge in [0.15, 0.2) is 12.9 Å². The van der Waals surface area contributed by atoms with E-state index in [4.69, 9.17) is 25.8 Å². The number of nitrogens with zero attached hydrogens (tertiary/aromatic N) is 1. The number of halogens is 1. The first-order valence-corrected chi connectivity index (χ1v) is 6.99. The maximum Gasteiger partial charge on any atom is 0.265 e. The summed E-state index contributed by atoms with van der Waals surface area (Å²) in [7, 11) is 0. The number of amides is 1. The van der Waals surface area contributed by atoms with Crippen LogP contribution in [-0.2, 0) is 14.3 Å². The molecule has 0 saturated carbocycles. The fraction of sp³-hybridized carbons (Fsp3) is 0.500. The zero-order valence-electron chi connectivity index (χ0n) is 11.6. The number of carbonyl (C=O) groups is 1. The maximum absolute atomic E-state index is 12.1. The Morgan fingerprint density at radius 2 is 2.05 bits per heavy atom. The Kier molecular flexibility index (Phi) is 5.23. The van der Waals surface area contributed by atoms with Crippen LogP contribution in [0.2, 0.25) is 5.02 Å². The van der Waals surface area contributed by atoms with E-state index < -0.39 is 6.29 Å². The zero-order chi connectivity index (χ0) is 14.5. The molecule has 20 heavy (non-hydrogen) atoms. The number of carbonyl (C=O) groups excluding carboxylic acids is 1. The monoisotopic (exact) mass is 299 g/mol. The SMILES string of the molecule is CCOC(CN1C(=O)COc2ccc(Cl)cc21)OCC. The number of anilines is 1. The van der Waals surface area contributed by atoms with Gasteiger partial charge in [-0.1, -0.05) is 11.6 Å². The summed E-state index contributed by atoms with van der Waals surface area (Å²) in [5.41, 5.74) is 0.651. The van der Waals surface area contributed by atoms with Crippen molar-refractivity contribution in [3.63, 3.8) is 0 Å². The van der Waals surface area contributed by atoms with Crippen molar-refractivity contribution >= 4 is 23.2 Å². The van der Waals surface area contributed by atoms with E-state index >= 15 is 0 Å². The van der Waals surface area contributed by atoms with E-state index in [1.165, 1.54) is 0 Å². The minimum Gasteiger partial charge on any atom is -0.482 e. The van der Waals surface area contributed by atoms with Gasteiger partial charge in [-0.15, -0.1) is 0 Å². The third-order valence-corrected chi connectivity index (χ3v) is 3.14. The van der Waals surface area contributed by atoms with Gasteiger partial charge in [0.2, 0.25) is 0 Å². The molecule has 0 radical (unpaired) electrons. The van der Waals surface area contributed by atoms with E-state index in [1.54, 1.807) is 23.1 Å². The van der Waals surface area contributed by atoms with E-state index in [9.17, 15) is 4.79 Å². The first-order valence-electron chi connectivity index (χ1n) is 6.61. The molecule has 0 N–H and O–H groups in total. The summed E-state index contributed by atoms with van der Waals surface area (Å²) in [6.07, 6.45) is -0.459. The predicted molar refractivity (Wildman–Crippen MR) is 76.3 cm³/mol. The molecule has 2 rings (SSSR count). The number of hydrogen-bond donors (Lipinski definition) is 0. The van der Waals surface area contributed by atoms with Crippen LogP contribution < -0.4 is 9.64 Å². The Morgan fingerprint density at radius 1 is 1.35 bits per heavy atom. The van der Waals surface area contributed by atoms with Crippen LogP contribution in [0.25, 0.3) is 0 Å². The molecule has 0 aliphatic carbocycles. The Balaban J connectivity index is 2.21. The Morgan fingerprint density at radius 3 is 2.70 bits per heavy atom. The van der Waals surface area contributed by atoms with Gasteiger partial charge < -0.3 is 19.1 Å². The normalized spacial score (nSPS) is 14.4. The van der Waals surface area contributed by atoms with Crippen LogP contribution in [0.5, 0.6) is 5.75 Å². The first kappa shape index (κ1) is 15.1. The van der Waals surface area contributed by atoms with Gasteiger partial charge in [-0.2, -0.15) is 0 Å². The number of fused-ring (bicyclic) bond motifs is 1. The molecule has 0 spiro atoms. The Hall–Kier alpha value is -1.30. The molecule has 0 aromatic heterocycles. The van der Waals surface area contributed by atoms with Crippen molar-refractivity contribution in [3.8, 4) is 5.75 Å². The lowest BCUT2D eigenvalue weighted by Crippen LogP contribution is -2.44. The van der Waals surface area contributed by atoms with Crippen LogP contribution in [0.1, 0.15) is 13.8 Å². The largest absolute Gasteiger partial charge is 0.482 e. The van der Waals surface area contributed by atoms with E-state index in [1.807, 2.05) is 13.8 Å². The van der Waals surface area contributed by atoms with Crippen LogP contribution in [0, 0.1) is 0 Å². The highest BCUT2D eigenvalue weighted by molar-refractivity contribution is 6.31. The summed E-state index contributed by atoms with van der Waals surface area (Å²) in [6, 6.07) is 5.20. The van der Waals surface area contributed by atoms with E-state index in [0.29, 0.717) is 36.2 Å². The van der Waals surface area contributed by atoms with Crippen molar-refractivity contribution < 1.29 is 19.0 Å². The molecular weight excluding hydrogens is 282 g/mol. The molecule has 0 bridgehead atoms. The van der Waals surface area contributed by atoms with Crippen LogP contribution in [0.4, 0.5) is 5.69 Å². The molecule has 1 amide bonds. The minimum absolute atomic E-state index is 0.0135. The summed E-state index contributed by atoms with van der Waals surface area (Å²) in [5.74, 6) is 0.505. The quantitative estimate of drug-likeness (QED) is 0.757. The van der Waals surface area contributed by atoms with Crippen molar-refractivity contribution in [3.05, 3.63) is 23.2 Å². The molecule has 1 aliphatic heterocycles. The molecule has 0 atom stereocenters. The highest BCUT2D eigenvalue weighted by Gasteiger charge is 2.28. The summed E-state index contributed by atoms with van der Waals surface area (Å²) < 4.78 is 16.4. The second kappa shape index (κ2) is 6.92. The standard InChI is InChI=1S/C14H18ClNO4/c1-3-18-14(19-4-2)8-16-11-7-10(15)5-6-12(11)20-9-13(16)17/h5-7,14H,3-4,8-9H2,1-2H3. The lowest BCUT2D eigenvalue weighted by molar-refractivity contribution is -0.137. The van der Waals surface area contributed by atoms with Gasteiger partial charge in [-0.05, 0) is 32.0 Å². The topological polar surface area (TPSA) is 48.0 Å². The third kappa shape index (κ3) is 3.42. The van der Waals surface area contributed by atoms with Crippen molar-refractivity contribution in [1.82, 2.24) is 0 Å². The highest BCUT2D eigenvalue weighted by atomic mass is 35.5. The van der Waals surface area contributed by atoms with E-state index in [0.717, 1.165) is 0 Å². The average molecular weight is 300 g/mol. The van der Waals surface area contributed by atoms with Crippen molar-refractivity contribution in [2.75, 3.05) is 31.3 Å². The smallest absolute Gasteiger partial charge is 0.265 e. The van der Waals surface area contributed by atoms with Crippen molar-refractivity contribution in [2.45, 2.75) is 20.1 Å². The average Bonchev–Trinajstić information content (AvgIpc) is 2.42. The molecule has 6 heteroatoms. The Labute approximate surface area is 123 Å². The van der Waals surface area contributed by atoms with Crippen LogP contribution in [0.15, 0.2) is 18.2 Å². The molecule has 1 heterocycles. The fourth-order valence-electron chi connectivity index (χ4n) is 2.05. The molecule has 0 saturated heterocycles. The number of ether oxygens (including phenoxy) is 3. The molecule has 5 nitrogen and oxygen atoms in total. The minimum atomic E-state index is -0.459. The summed E-state index contributed by atoms with van der Waals surface area (Å²) in [5, 5.41) is 0.552. The lowest BCUT2D eigenvalue weighted by Gasteiger charge is -2.32. The molecule has 110 valence electrons. The van der Waals surface area contributed by atoms with Crippen LogP contribution >= 0.6 is 11.6 Å².